The van der Waals surface area contributed by atoms with Crippen molar-refractivity contribution in [1.82, 2.24) is 4.98 Å². The lowest BCUT2D eigenvalue weighted by Crippen LogP contribution is -2.12. The lowest BCUT2D eigenvalue weighted by molar-refractivity contribution is -0.115. The molecule has 1 aromatic carbocycles. The molecule has 20 heavy (non-hydrogen) atoms. The normalized spacial score (nSPS) is 19.2. The van der Waals surface area contributed by atoms with E-state index in [2.05, 4.69) is 37.0 Å². The van der Waals surface area contributed by atoms with Crippen molar-refractivity contribution in [3.05, 3.63) is 53.2 Å². The first kappa shape index (κ1) is 13.0. The van der Waals surface area contributed by atoms with Crippen LogP contribution in [0.1, 0.15) is 30.9 Å². The molecule has 2 nitrogen and oxygen atoms in total. The Kier molecular flexibility index (Phi) is 3.39. The molecule has 0 radical (unpaired) electrons. The van der Waals surface area contributed by atoms with Gasteiger partial charge in [-0.2, -0.15) is 0 Å². The number of aryl methyl sites for hydroxylation is 1. The third-order valence-corrected chi connectivity index (χ3v) is 4.08. The fourth-order valence-electron chi connectivity index (χ4n) is 3.10. The van der Waals surface area contributed by atoms with Crippen LogP contribution in [-0.4, -0.2) is 10.8 Å². The number of carbonyl (C=O) groups is 1. The Labute approximate surface area is 119 Å². The Balaban J connectivity index is 1.95. The van der Waals surface area contributed by atoms with E-state index in [1.54, 1.807) is 0 Å². The largest absolute Gasteiger partial charge is 0.295 e. The first-order valence-corrected chi connectivity index (χ1v) is 7.19. The maximum Gasteiger partial charge on any atom is 0.155 e. The number of carbonyl (C=O) groups excluding carboxylic acids is 1. The van der Waals surface area contributed by atoms with Crippen molar-refractivity contribution in [2.24, 2.45) is 5.92 Å². The van der Waals surface area contributed by atoms with Crippen molar-refractivity contribution < 1.29 is 4.79 Å². The van der Waals surface area contributed by atoms with Gasteiger partial charge in [-0.15, -0.1) is 0 Å². The van der Waals surface area contributed by atoms with E-state index >= 15 is 0 Å². The van der Waals surface area contributed by atoms with Crippen LogP contribution in [0.2, 0.25) is 0 Å². The third kappa shape index (κ3) is 2.51. The smallest absolute Gasteiger partial charge is 0.155 e. The van der Waals surface area contributed by atoms with E-state index in [-0.39, 0.29) is 5.78 Å². The molecule has 1 atom stereocenters. The lowest BCUT2D eigenvalue weighted by Gasteiger charge is -2.19. The maximum atomic E-state index is 11.7. The number of fused-ring (bicyclic) bond motifs is 1. The number of pyridine rings is 1. The zero-order chi connectivity index (χ0) is 14.1. The highest BCUT2D eigenvalue weighted by Crippen LogP contribution is 2.27. The van der Waals surface area contributed by atoms with Gasteiger partial charge in [0.05, 0.1) is 5.52 Å². The predicted molar refractivity (Wildman–Crippen MR) is 81.7 cm³/mol. The average Bonchev–Trinajstić information content (AvgIpc) is 2.41. The molecule has 0 saturated carbocycles. The second-order valence-corrected chi connectivity index (χ2v) is 5.88. The number of nitrogens with zero attached hydrogens (tertiary/aromatic N) is 1. The van der Waals surface area contributed by atoms with Crippen LogP contribution in [0.3, 0.4) is 0 Å². The monoisotopic (exact) mass is 265 g/mol. The molecule has 1 heterocycles. The van der Waals surface area contributed by atoms with Crippen molar-refractivity contribution in [1.29, 1.82) is 0 Å². The average molecular weight is 265 g/mol. The molecule has 1 aliphatic rings. The molecule has 2 aromatic rings. The second-order valence-electron chi connectivity index (χ2n) is 5.88. The molecule has 1 aromatic heterocycles. The summed E-state index contributed by atoms with van der Waals surface area (Å²) in [4.78, 5) is 16.2. The van der Waals surface area contributed by atoms with Gasteiger partial charge in [-0.05, 0) is 49.0 Å². The molecule has 1 aliphatic carbocycles. The second kappa shape index (κ2) is 5.20. The standard InChI is InChI=1S/C18H19NO/c1-12-8-14(11-17(20)9-12)10-16-6-5-15-4-3-7-19-18(15)13(16)2/h3-7,11-12H,8-10H2,1-2H3. The summed E-state index contributed by atoms with van der Waals surface area (Å²) >= 11 is 0. The molecule has 0 fully saturated rings. The van der Waals surface area contributed by atoms with Crippen LogP contribution >= 0.6 is 0 Å². The quantitative estimate of drug-likeness (QED) is 0.821. The maximum absolute atomic E-state index is 11.7. The van der Waals surface area contributed by atoms with Gasteiger partial charge in [-0.3, -0.25) is 9.78 Å². The fraction of sp³-hybridized carbons (Fsp3) is 0.333. The Morgan fingerprint density at radius 1 is 1.25 bits per heavy atom. The zero-order valence-corrected chi connectivity index (χ0v) is 12.0. The molecule has 0 amide bonds. The van der Waals surface area contributed by atoms with Gasteiger partial charge in [0.25, 0.3) is 0 Å². The van der Waals surface area contributed by atoms with Crippen molar-refractivity contribution in [3.8, 4) is 0 Å². The van der Waals surface area contributed by atoms with Crippen molar-refractivity contribution >= 4 is 16.7 Å². The molecule has 0 saturated heterocycles. The van der Waals surface area contributed by atoms with Crippen molar-refractivity contribution in [3.63, 3.8) is 0 Å². The van der Waals surface area contributed by atoms with Gasteiger partial charge in [0, 0.05) is 18.0 Å². The highest BCUT2D eigenvalue weighted by Gasteiger charge is 2.17. The molecule has 0 aliphatic heterocycles. The van der Waals surface area contributed by atoms with E-state index in [4.69, 9.17) is 0 Å². The SMILES string of the molecule is Cc1c(CC2=CC(=O)CC(C)C2)ccc2cccnc12. The highest BCUT2D eigenvalue weighted by molar-refractivity contribution is 5.91. The van der Waals surface area contributed by atoms with Crippen LogP contribution in [0.4, 0.5) is 0 Å². The van der Waals surface area contributed by atoms with Crippen LogP contribution in [0.15, 0.2) is 42.1 Å². The molecule has 1 unspecified atom stereocenters. The van der Waals surface area contributed by atoms with Gasteiger partial charge in [-0.1, -0.05) is 30.7 Å². The zero-order valence-electron chi connectivity index (χ0n) is 12.0. The number of benzene rings is 1. The number of hydrogen-bond acceptors (Lipinski definition) is 2. The number of aromatic nitrogens is 1. The predicted octanol–water partition coefficient (Wildman–Crippen LogP) is 4.01. The molecule has 2 heteroatoms. The van der Waals surface area contributed by atoms with Crippen LogP contribution in [0.25, 0.3) is 10.9 Å². The van der Waals surface area contributed by atoms with E-state index in [9.17, 15) is 4.79 Å². The third-order valence-electron chi connectivity index (χ3n) is 4.08. The van der Waals surface area contributed by atoms with Crippen LogP contribution in [0, 0.1) is 12.8 Å². The summed E-state index contributed by atoms with van der Waals surface area (Å²) in [6.45, 7) is 4.28. The van der Waals surface area contributed by atoms with E-state index in [0.717, 1.165) is 18.4 Å². The topological polar surface area (TPSA) is 30.0 Å². The van der Waals surface area contributed by atoms with Crippen LogP contribution < -0.4 is 0 Å². The molecule has 0 bridgehead atoms. The van der Waals surface area contributed by atoms with E-state index in [1.165, 1.54) is 22.1 Å². The molecular weight excluding hydrogens is 246 g/mol. The fourth-order valence-corrected chi connectivity index (χ4v) is 3.10. The number of hydrogen-bond donors (Lipinski definition) is 0. The molecule has 3 rings (SSSR count). The minimum absolute atomic E-state index is 0.273. The first-order chi connectivity index (χ1) is 9.63. The van der Waals surface area contributed by atoms with E-state index in [1.807, 2.05) is 18.3 Å². The Morgan fingerprint density at radius 3 is 2.90 bits per heavy atom. The molecular formula is C18H19NO. The summed E-state index contributed by atoms with van der Waals surface area (Å²) in [7, 11) is 0. The van der Waals surface area contributed by atoms with Gasteiger partial charge < -0.3 is 0 Å². The van der Waals surface area contributed by atoms with Gasteiger partial charge in [0.15, 0.2) is 5.78 Å². The first-order valence-electron chi connectivity index (χ1n) is 7.19. The summed E-state index contributed by atoms with van der Waals surface area (Å²) < 4.78 is 0. The van der Waals surface area contributed by atoms with Gasteiger partial charge in [0.1, 0.15) is 0 Å². The Bertz CT molecular complexity index is 700. The summed E-state index contributed by atoms with van der Waals surface area (Å²) in [6, 6.07) is 8.35. The molecule has 102 valence electrons. The van der Waals surface area contributed by atoms with Crippen molar-refractivity contribution in [2.75, 3.05) is 0 Å². The molecule has 0 N–H and O–H groups in total. The van der Waals surface area contributed by atoms with E-state index < -0.39 is 0 Å². The summed E-state index contributed by atoms with van der Waals surface area (Å²) in [6.07, 6.45) is 6.29. The highest BCUT2D eigenvalue weighted by atomic mass is 16.1. The summed E-state index contributed by atoms with van der Waals surface area (Å²) in [5, 5.41) is 1.18. The number of rotatable bonds is 2. The number of ketones is 1. The van der Waals surface area contributed by atoms with Gasteiger partial charge >= 0.3 is 0 Å². The Hall–Kier alpha value is -1.96. The lowest BCUT2D eigenvalue weighted by atomic mass is 9.85. The van der Waals surface area contributed by atoms with Gasteiger partial charge in [0.2, 0.25) is 0 Å². The number of allylic oxidation sites excluding steroid dienone is 2. The van der Waals surface area contributed by atoms with E-state index in [0.29, 0.717) is 12.3 Å². The minimum atomic E-state index is 0.273. The molecule has 0 spiro atoms. The summed E-state index contributed by atoms with van der Waals surface area (Å²) in [5.74, 6) is 0.747. The van der Waals surface area contributed by atoms with Gasteiger partial charge in [-0.25, -0.2) is 0 Å². The van der Waals surface area contributed by atoms with Crippen molar-refractivity contribution in [2.45, 2.75) is 33.1 Å². The van der Waals surface area contributed by atoms with Crippen LogP contribution in [0.5, 0.6) is 0 Å². The summed E-state index contributed by atoms with van der Waals surface area (Å²) in [5.41, 5.74) is 4.84. The Morgan fingerprint density at radius 2 is 2.10 bits per heavy atom. The van der Waals surface area contributed by atoms with Crippen LogP contribution in [-0.2, 0) is 11.2 Å². The minimum Gasteiger partial charge on any atom is -0.295 e.